The normalized spacial score (nSPS) is 20.1. The van der Waals surface area contributed by atoms with Crippen LogP contribution >= 0.6 is 0 Å². The molecule has 1 fully saturated rings. The number of ether oxygens (including phenoxy) is 1. The molecule has 1 aromatic rings. The highest BCUT2D eigenvalue weighted by molar-refractivity contribution is 5.96. The minimum Gasteiger partial charge on any atom is -0.463 e. The minimum atomic E-state index is -4.63. The lowest BCUT2D eigenvalue weighted by Gasteiger charge is -2.33. The number of halogens is 3. The van der Waals surface area contributed by atoms with E-state index in [4.69, 9.17) is 4.74 Å². The van der Waals surface area contributed by atoms with E-state index in [1.165, 1.54) is 0 Å². The van der Waals surface area contributed by atoms with E-state index in [-0.39, 0.29) is 13.0 Å². The molecule has 0 radical (unpaired) electrons. The van der Waals surface area contributed by atoms with E-state index >= 15 is 0 Å². The maximum absolute atomic E-state index is 14.0. The van der Waals surface area contributed by atoms with Crippen LogP contribution < -0.4 is 5.32 Å². The number of alkyl halides is 3. The van der Waals surface area contributed by atoms with Gasteiger partial charge in [-0.1, -0.05) is 31.0 Å². The molecule has 0 saturated heterocycles. The average Bonchev–Trinajstić information content (AvgIpc) is 2.93. The number of carbonyl (C=O) groups excluding carboxylic acids is 2. The largest absolute Gasteiger partial charge is 0.463 e. The van der Waals surface area contributed by atoms with Crippen molar-refractivity contribution in [2.24, 2.45) is 5.92 Å². The van der Waals surface area contributed by atoms with Crippen molar-refractivity contribution in [1.29, 1.82) is 0 Å². The number of hydrogen-bond acceptors (Lipinski definition) is 3. The molecular formula is C22H24F3NO3. The number of fused-ring (bicyclic) bond motifs is 1. The molecule has 0 heterocycles. The molecule has 7 heteroatoms. The fourth-order valence-corrected chi connectivity index (χ4v) is 4.16. The highest BCUT2D eigenvalue weighted by Crippen LogP contribution is 2.48. The lowest BCUT2D eigenvalue weighted by molar-refractivity contribution is -0.140. The van der Waals surface area contributed by atoms with Crippen molar-refractivity contribution >= 4 is 11.9 Å². The summed E-state index contributed by atoms with van der Waals surface area (Å²) in [6.45, 7) is 1.54. The maximum Gasteiger partial charge on any atom is 0.413 e. The van der Waals surface area contributed by atoms with Gasteiger partial charge in [0.05, 0.1) is 17.8 Å². The number of carbonyl (C=O) groups is 2. The molecule has 0 bridgehead atoms. The van der Waals surface area contributed by atoms with Crippen LogP contribution in [-0.2, 0) is 9.53 Å². The Kier molecular flexibility index (Phi) is 6.45. The summed E-state index contributed by atoms with van der Waals surface area (Å²) in [6.07, 6.45) is -1.90. The van der Waals surface area contributed by atoms with Crippen LogP contribution in [0.4, 0.5) is 13.2 Å². The van der Waals surface area contributed by atoms with E-state index in [1.54, 1.807) is 37.3 Å². The predicted molar refractivity (Wildman–Crippen MR) is 102 cm³/mol. The van der Waals surface area contributed by atoms with Crippen LogP contribution in [0.5, 0.6) is 0 Å². The molecule has 0 spiro atoms. The molecule has 1 N–H and O–H groups in total. The lowest BCUT2D eigenvalue weighted by atomic mass is 9.77. The number of allylic oxidation sites excluding steroid dienone is 3. The Morgan fingerprint density at radius 1 is 1.14 bits per heavy atom. The molecule has 1 amide bonds. The third-order valence-electron chi connectivity index (χ3n) is 5.40. The van der Waals surface area contributed by atoms with Gasteiger partial charge in [0.1, 0.15) is 0 Å². The van der Waals surface area contributed by atoms with Gasteiger partial charge in [-0.15, -0.1) is 0 Å². The molecule has 156 valence electrons. The van der Waals surface area contributed by atoms with Gasteiger partial charge in [0.15, 0.2) is 0 Å². The minimum absolute atomic E-state index is 0.0135. The van der Waals surface area contributed by atoms with Crippen LogP contribution in [-0.4, -0.2) is 24.7 Å². The van der Waals surface area contributed by atoms with Crippen molar-refractivity contribution in [3.8, 4) is 0 Å². The van der Waals surface area contributed by atoms with Crippen molar-refractivity contribution in [2.75, 3.05) is 6.61 Å². The molecule has 3 rings (SSSR count). The summed E-state index contributed by atoms with van der Waals surface area (Å²) in [7, 11) is 0. The molecule has 4 nitrogen and oxygen atoms in total. The van der Waals surface area contributed by atoms with E-state index in [1.807, 2.05) is 0 Å². The molecule has 1 atom stereocenters. The standard InChI is InChI=1S/C22H24F3NO3/c1-2-29-21(28)17-13-18(26-20(27)14-9-5-3-6-10-14)15-11-7-4-8-12-16(15)19(17)22(23,24)25/h3,5-6,9-10,16H,2,4,7-8,11-13H2,1H3,(H,26,27). The number of nitrogens with one attached hydrogen (secondary N) is 1. The highest BCUT2D eigenvalue weighted by Gasteiger charge is 2.47. The maximum atomic E-state index is 14.0. The van der Waals surface area contributed by atoms with E-state index in [2.05, 4.69) is 5.32 Å². The summed E-state index contributed by atoms with van der Waals surface area (Å²) < 4.78 is 46.8. The Morgan fingerprint density at radius 3 is 2.52 bits per heavy atom. The van der Waals surface area contributed by atoms with Gasteiger partial charge in [0.2, 0.25) is 0 Å². The molecular weight excluding hydrogens is 383 g/mol. The zero-order valence-corrected chi connectivity index (χ0v) is 16.3. The fourth-order valence-electron chi connectivity index (χ4n) is 4.16. The van der Waals surface area contributed by atoms with Crippen molar-refractivity contribution in [3.63, 3.8) is 0 Å². The highest BCUT2D eigenvalue weighted by atomic mass is 19.4. The predicted octanol–water partition coefficient (Wildman–Crippen LogP) is 5.08. The summed E-state index contributed by atoms with van der Waals surface area (Å²) in [5.74, 6) is -2.28. The molecule has 1 unspecified atom stereocenters. The van der Waals surface area contributed by atoms with Crippen LogP contribution in [0.2, 0.25) is 0 Å². The lowest BCUT2D eigenvalue weighted by Crippen LogP contribution is -2.34. The number of esters is 1. The summed E-state index contributed by atoms with van der Waals surface area (Å²) >= 11 is 0. The molecule has 1 aromatic carbocycles. The Morgan fingerprint density at radius 2 is 1.86 bits per heavy atom. The summed E-state index contributed by atoms with van der Waals surface area (Å²) in [4.78, 5) is 25.1. The van der Waals surface area contributed by atoms with E-state index < -0.39 is 35.1 Å². The Bertz CT molecular complexity index is 841. The van der Waals surface area contributed by atoms with E-state index in [9.17, 15) is 22.8 Å². The van der Waals surface area contributed by atoms with Gasteiger partial charge >= 0.3 is 12.1 Å². The second-order valence-electron chi connectivity index (χ2n) is 7.26. The van der Waals surface area contributed by atoms with Crippen molar-refractivity contribution in [1.82, 2.24) is 5.32 Å². The summed E-state index contributed by atoms with van der Waals surface area (Å²) in [6, 6.07) is 8.48. The van der Waals surface area contributed by atoms with Crippen LogP contribution in [0, 0.1) is 5.92 Å². The average molecular weight is 407 g/mol. The topological polar surface area (TPSA) is 55.4 Å². The number of rotatable bonds is 4. The van der Waals surface area contributed by atoms with Crippen LogP contribution in [0.3, 0.4) is 0 Å². The monoisotopic (exact) mass is 407 g/mol. The Hall–Kier alpha value is -2.57. The smallest absolute Gasteiger partial charge is 0.413 e. The van der Waals surface area contributed by atoms with E-state index in [0.717, 1.165) is 12.8 Å². The SMILES string of the molecule is CCOC(=O)C1=C(C(F)(F)F)C2CCCCCC2=C(NC(=O)c2ccccc2)C1. The van der Waals surface area contributed by atoms with Crippen LogP contribution in [0.25, 0.3) is 0 Å². The van der Waals surface area contributed by atoms with Crippen molar-refractivity contribution in [2.45, 2.75) is 51.6 Å². The van der Waals surface area contributed by atoms with Crippen LogP contribution in [0.15, 0.2) is 52.7 Å². The first-order chi connectivity index (χ1) is 13.8. The van der Waals surface area contributed by atoms with Gasteiger partial charge in [0.25, 0.3) is 5.91 Å². The second kappa shape index (κ2) is 8.84. The molecule has 1 saturated carbocycles. The Labute approximate surface area is 167 Å². The number of amides is 1. The summed E-state index contributed by atoms with van der Waals surface area (Å²) in [5.41, 5.74) is 0.215. The number of hydrogen-bond donors (Lipinski definition) is 1. The Balaban J connectivity index is 2.03. The third-order valence-corrected chi connectivity index (χ3v) is 5.40. The first kappa shape index (κ1) is 21.1. The van der Waals surface area contributed by atoms with Gasteiger partial charge < -0.3 is 10.1 Å². The van der Waals surface area contributed by atoms with Crippen molar-refractivity contribution < 1.29 is 27.5 Å². The molecule has 29 heavy (non-hydrogen) atoms. The van der Waals surface area contributed by atoms with Gasteiger partial charge in [-0.3, -0.25) is 4.79 Å². The van der Waals surface area contributed by atoms with Crippen LogP contribution in [0.1, 0.15) is 55.8 Å². The zero-order valence-electron chi connectivity index (χ0n) is 16.3. The first-order valence-electron chi connectivity index (χ1n) is 9.88. The van der Waals surface area contributed by atoms with Crippen molar-refractivity contribution in [3.05, 3.63) is 58.3 Å². The molecule has 0 aliphatic heterocycles. The third kappa shape index (κ3) is 4.71. The second-order valence-corrected chi connectivity index (χ2v) is 7.26. The van der Waals surface area contributed by atoms with Gasteiger partial charge in [-0.05, 0) is 43.9 Å². The number of benzene rings is 1. The first-order valence-corrected chi connectivity index (χ1v) is 9.88. The zero-order chi connectivity index (χ0) is 21.0. The molecule has 0 aromatic heterocycles. The van der Waals surface area contributed by atoms with Gasteiger partial charge in [-0.25, -0.2) is 4.79 Å². The van der Waals surface area contributed by atoms with Gasteiger partial charge in [-0.2, -0.15) is 13.2 Å². The van der Waals surface area contributed by atoms with Gasteiger partial charge in [0, 0.05) is 23.6 Å². The fraction of sp³-hybridized carbons (Fsp3) is 0.455. The molecule has 2 aliphatic rings. The quantitative estimate of drug-likeness (QED) is 0.709. The van der Waals surface area contributed by atoms with E-state index in [0.29, 0.717) is 36.1 Å². The molecule has 2 aliphatic carbocycles. The summed E-state index contributed by atoms with van der Waals surface area (Å²) in [5, 5.41) is 2.79.